The van der Waals surface area contributed by atoms with Crippen molar-refractivity contribution in [2.24, 2.45) is 0 Å². The summed E-state index contributed by atoms with van der Waals surface area (Å²) in [6.07, 6.45) is 2.34. The molecule has 4 rings (SSSR count). The van der Waals surface area contributed by atoms with E-state index in [1.54, 1.807) is 12.3 Å². The molecule has 0 N–H and O–H groups in total. The van der Waals surface area contributed by atoms with Crippen molar-refractivity contribution in [2.75, 3.05) is 37.6 Å². The van der Waals surface area contributed by atoms with Gasteiger partial charge in [-0.15, -0.1) is 6.42 Å². The molecule has 0 radical (unpaired) electrons. The number of aryl methyl sites for hydroxylation is 1. The first-order valence-corrected chi connectivity index (χ1v) is 12.3. The second-order valence-corrected chi connectivity index (χ2v) is 9.62. The molecule has 1 saturated heterocycles. The highest BCUT2D eigenvalue weighted by atomic mass is 32.2. The van der Waals surface area contributed by atoms with Crippen LogP contribution in [0.2, 0.25) is 0 Å². The van der Waals surface area contributed by atoms with Crippen LogP contribution >= 0.6 is 11.8 Å². The van der Waals surface area contributed by atoms with E-state index in [4.69, 9.17) is 16.4 Å². The molecule has 0 aliphatic carbocycles. The summed E-state index contributed by atoms with van der Waals surface area (Å²) in [7, 11) is 0. The highest BCUT2D eigenvalue weighted by molar-refractivity contribution is 7.99. The maximum absolute atomic E-state index is 13.5. The van der Waals surface area contributed by atoms with Crippen LogP contribution in [-0.2, 0) is 12.8 Å². The first kappa shape index (κ1) is 26.3. The van der Waals surface area contributed by atoms with Gasteiger partial charge in [-0.1, -0.05) is 47.5 Å². The number of anilines is 1. The van der Waals surface area contributed by atoms with E-state index in [1.807, 2.05) is 36.1 Å². The van der Waals surface area contributed by atoms with Crippen LogP contribution in [0.5, 0.6) is 5.88 Å². The number of ether oxygens (including phenoxy) is 1. The van der Waals surface area contributed by atoms with Crippen molar-refractivity contribution in [1.29, 1.82) is 5.26 Å². The number of hydrogen-bond acceptors (Lipinski definition) is 7. The fourth-order valence-corrected chi connectivity index (χ4v) is 4.77. The molecule has 1 aliphatic heterocycles. The maximum Gasteiger partial charge on any atom is 0.417 e. The minimum atomic E-state index is -4.64. The zero-order valence-electron chi connectivity index (χ0n) is 20.1. The second kappa shape index (κ2) is 11.5. The topological polar surface area (TPSA) is 65.3 Å². The van der Waals surface area contributed by atoms with Gasteiger partial charge in [-0.25, -0.2) is 4.98 Å². The molecule has 6 nitrogen and oxygen atoms in total. The summed E-state index contributed by atoms with van der Waals surface area (Å²) < 4.78 is 46.5. The van der Waals surface area contributed by atoms with E-state index < -0.39 is 17.3 Å². The number of aromatic nitrogens is 2. The predicted molar refractivity (Wildman–Crippen MR) is 135 cm³/mol. The molecule has 37 heavy (non-hydrogen) atoms. The Hall–Kier alpha value is -3.73. The van der Waals surface area contributed by atoms with Gasteiger partial charge in [0.15, 0.2) is 0 Å². The molecule has 0 saturated carbocycles. The van der Waals surface area contributed by atoms with Gasteiger partial charge >= 0.3 is 6.18 Å². The van der Waals surface area contributed by atoms with Crippen LogP contribution < -0.4 is 9.64 Å². The summed E-state index contributed by atoms with van der Waals surface area (Å²) in [5, 5.41) is 9.09. The molecular weight excluding hydrogens is 499 g/mol. The Labute approximate surface area is 218 Å². The summed E-state index contributed by atoms with van der Waals surface area (Å²) in [5.41, 5.74) is 0.617. The van der Waals surface area contributed by atoms with Crippen molar-refractivity contribution < 1.29 is 17.9 Å². The van der Waals surface area contributed by atoms with Crippen LogP contribution in [0.4, 0.5) is 19.1 Å². The Morgan fingerprint density at radius 2 is 1.92 bits per heavy atom. The Balaban J connectivity index is 1.61. The number of rotatable bonds is 7. The summed E-state index contributed by atoms with van der Waals surface area (Å²) in [6.45, 7) is 5.73. The normalized spacial score (nSPS) is 14.2. The van der Waals surface area contributed by atoms with Gasteiger partial charge in [0.2, 0.25) is 11.8 Å². The lowest BCUT2D eigenvalue weighted by Gasteiger charge is -2.33. The van der Waals surface area contributed by atoms with Crippen molar-refractivity contribution in [3.63, 3.8) is 0 Å². The van der Waals surface area contributed by atoms with E-state index in [0.717, 1.165) is 42.0 Å². The van der Waals surface area contributed by atoms with E-state index in [0.29, 0.717) is 35.4 Å². The summed E-state index contributed by atoms with van der Waals surface area (Å²) in [6, 6.07) is 13.1. The lowest BCUT2D eigenvalue weighted by atomic mass is 10.1. The molecule has 0 amide bonds. The third-order valence-corrected chi connectivity index (χ3v) is 6.77. The van der Waals surface area contributed by atoms with E-state index in [2.05, 4.69) is 20.8 Å². The van der Waals surface area contributed by atoms with E-state index in [9.17, 15) is 13.2 Å². The number of benzene rings is 2. The average Bonchev–Trinajstić information content (AvgIpc) is 2.88. The average molecular weight is 524 g/mol. The molecule has 3 aromatic rings. The summed E-state index contributed by atoms with van der Waals surface area (Å²) >= 11 is 1.06. The third-order valence-electron chi connectivity index (χ3n) is 5.78. The van der Waals surface area contributed by atoms with Crippen LogP contribution in [0.3, 0.4) is 0 Å². The molecule has 1 aromatic heterocycles. The molecule has 1 aliphatic rings. The SMILES string of the molecule is C#CCN1CCN(c2ncc(Sc3ccc(C#N)c(C(F)(F)F)c3)c(OCc3cccc(C)c3)n2)CC1. The smallest absolute Gasteiger partial charge is 0.417 e. The number of halogens is 3. The molecule has 10 heteroatoms. The van der Waals surface area contributed by atoms with Gasteiger partial charge < -0.3 is 9.64 Å². The number of nitrogens with zero attached hydrogens (tertiary/aromatic N) is 5. The Kier molecular flexibility index (Phi) is 8.22. The minimum absolute atomic E-state index is 0.239. The molecule has 0 bridgehead atoms. The molecule has 2 aromatic carbocycles. The first-order valence-electron chi connectivity index (χ1n) is 11.5. The quantitative estimate of drug-likeness (QED) is 0.397. The number of nitriles is 1. The van der Waals surface area contributed by atoms with Gasteiger partial charge in [0.1, 0.15) is 6.61 Å². The van der Waals surface area contributed by atoms with Crippen molar-refractivity contribution >= 4 is 17.7 Å². The first-order chi connectivity index (χ1) is 17.8. The number of piperazine rings is 1. The molecule has 0 atom stereocenters. The monoisotopic (exact) mass is 523 g/mol. The van der Waals surface area contributed by atoms with Crippen molar-refractivity contribution in [1.82, 2.24) is 14.9 Å². The lowest BCUT2D eigenvalue weighted by Crippen LogP contribution is -2.47. The highest BCUT2D eigenvalue weighted by Crippen LogP contribution is 2.39. The molecule has 0 spiro atoms. The van der Waals surface area contributed by atoms with Crippen molar-refractivity contribution in [3.05, 3.63) is 70.9 Å². The molecule has 2 heterocycles. The molecule has 0 unspecified atom stereocenters. The van der Waals surface area contributed by atoms with Gasteiger partial charge in [0.05, 0.1) is 34.8 Å². The molecule has 190 valence electrons. The van der Waals surface area contributed by atoms with Crippen LogP contribution in [0.1, 0.15) is 22.3 Å². The lowest BCUT2D eigenvalue weighted by molar-refractivity contribution is -0.137. The minimum Gasteiger partial charge on any atom is -0.472 e. The fourth-order valence-electron chi connectivity index (χ4n) is 3.91. The van der Waals surface area contributed by atoms with Crippen LogP contribution in [0.25, 0.3) is 0 Å². The van der Waals surface area contributed by atoms with Gasteiger partial charge in [0, 0.05) is 31.1 Å². The zero-order chi connectivity index (χ0) is 26.4. The van der Waals surface area contributed by atoms with Crippen molar-refractivity contribution in [2.45, 2.75) is 29.5 Å². The number of alkyl halides is 3. The Morgan fingerprint density at radius 3 is 2.59 bits per heavy atom. The van der Waals surface area contributed by atoms with E-state index >= 15 is 0 Å². The predicted octanol–water partition coefficient (Wildman–Crippen LogP) is 5.16. The van der Waals surface area contributed by atoms with E-state index in [1.165, 1.54) is 12.1 Å². The van der Waals surface area contributed by atoms with Crippen LogP contribution in [0.15, 0.2) is 58.5 Å². The maximum atomic E-state index is 13.5. The third kappa shape index (κ3) is 6.73. The Morgan fingerprint density at radius 1 is 1.14 bits per heavy atom. The van der Waals surface area contributed by atoms with Gasteiger partial charge in [-0.05, 0) is 30.7 Å². The van der Waals surface area contributed by atoms with Crippen LogP contribution in [-0.4, -0.2) is 47.6 Å². The highest BCUT2D eigenvalue weighted by Gasteiger charge is 2.34. The van der Waals surface area contributed by atoms with Crippen LogP contribution in [0, 0.1) is 30.6 Å². The molecule has 1 fully saturated rings. The van der Waals surface area contributed by atoms with Crippen molar-refractivity contribution in [3.8, 4) is 24.3 Å². The second-order valence-electron chi connectivity index (χ2n) is 8.50. The fraction of sp³-hybridized carbons (Fsp3) is 0.296. The van der Waals surface area contributed by atoms with E-state index in [-0.39, 0.29) is 12.5 Å². The molecular formula is C27H24F3N5OS. The Bertz CT molecular complexity index is 1340. The van der Waals surface area contributed by atoms with Gasteiger partial charge in [-0.3, -0.25) is 4.90 Å². The summed E-state index contributed by atoms with van der Waals surface area (Å²) in [4.78, 5) is 14.1. The number of terminal acetylenes is 1. The number of hydrogen-bond donors (Lipinski definition) is 0. The zero-order valence-corrected chi connectivity index (χ0v) is 20.9. The van der Waals surface area contributed by atoms with Gasteiger partial charge in [0.25, 0.3) is 0 Å². The van der Waals surface area contributed by atoms with Gasteiger partial charge in [-0.2, -0.15) is 23.4 Å². The summed E-state index contributed by atoms with van der Waals surface area (Å²) in [5.74, 6) is 3.42. The largest absolute Gasteiger partial charge is 0.472 e. The standard InChI is InChI=1S/C27H24F3N5OS/c1-3-9-34-10-12-35(13-11-34)26-32-17-24(25(33-26)36-18-20-6-4-5-19(2)14-20)37-22-8-7-21(16-31)23(15-22)27(28,29)30/h1,4-8,14-15,17H,9-13,18H2,2H3.